The number of hydrogen-bond acceptors (Lipinski definition) is 6. The first-order chi connectivity index (χ1) is 13.1. The average Bonchev–Trinajstić information content (AvgIpc) is 2.68. The lowest BCUT2D eigenvalue weighted by Gasteiger charge is -2.29. The van der Waals surface area contributed by atoms with Crippen molar-refractivity contribution in [3.8, 4) is 0 Å². The molecule has 0 saturated heterocycles. The van der Waals surface area contributed by atoms with Crippen molar-refractivity contribution in [2.75, 3.05) is 26.4 Å². The fourth-order valence-electron chi connectivity index (χ4n) is 2.97. The molecule has 6 heteroatoms. The molecule has 6 nitrogen and oxygen atoms in total. The summed E-state index contributed by atoms with van der Waals surface area (Å²) in [7, 11) is 0. The SMILES string of the molecule is CCCCCCCCOC(C(O)CO)C(O)C(O)COCCCCCCC. The largest absolute Gasteiger partial charge is 0.394 e. The van der Waals surface area contributed by atoms with Crippen molar-refractivity contribution in [2.45, 2.75) is 109 Å². The third kappa shape index (κ3) is 14.4. The second-order valence-electron chi connectivity index (χ2n) is 7.40. The van der Waals surface area contributed by atoms with Gasteiger partial charge in [0, 0.05) is 13.2 Å². The summed E-state index contributed by atoms with van der Waals surface area (Å²) in [6, 6.07) is 0. The zero-order valence-electron chi connectivity index (χ0n) is 17.5. The summed E-state index contributed by atoms with van der Waals surface area (Å²) < 4.78 is 11.0. The molecule has 0 aromatic heterocycles. The lowest BCUT2D eigenvalue weighted by Crippen LogP contribution is -2.49. The number of aliphatic hydroxyl groups excluding tert-OH is 4. The molecule has 0 saturated carbocycles. The van der Waals surface area contributed by atoms with E-state index in [0.29, 0.717) is 13.2 Å². The highest BCUT2D eigenvalue weighted by Gasteiger charge is 2.32. The summed E-state index contributed by atoms with van der Waals surface area (Å²) in [6.07, 6.45) is 7.55. The minimum atomic E-state index is -1.30. The Labute approximate surface area is 165 Å². The first-order valence-electron chi connectivity index (χ1n) is 10.9. The monoisotopic (exact) mass is 392 g/mol. The molecule has 4 unspecified atom stereocenters. The molecule has 0 spiro atoms. The molecule has 0 aliphatic rings. The van der Waals surface area contributed by atoms with E-state index in [1.165, 1.54) is 38.5 Å². The lowest BCUT2D eigenvalue weighted by atomic mass is 10.0. The third-order valence-electron chi connectivity index (χ3n) is 4.79. The Balaban J connectivity index is 4.06. The third-order valence-corrected chi connectivity index (χ3v) is 4.79. The molecule has 164 valence electrons. The molecule has 0 aliphatic carbocycles. The van der Waals surface area contributed by atoms with Gasteiger partial charge in [0.2, 0.25) is 0 Å². The van der Waals surface area contributed by atoms with Crippen LogP contribution in [0.1, 0.15) is 84.5 Å². The molecule has 4 N–H and O–H groups in total. The van der Waals surface area contributed by atoms with Gasteiger partial charge in [-0.15, -0.1) is 0 Å². The summed E-state index contributed by atoms with van der Waals surface area (Å²) in [5.74, 6) is 0. The lowest BCUT2D eigenvalue weighted by molar-refractivity contribution is -0.153. The standard InChI is InChI=1S/C21H44O6/c1-3-5-7-9-11-13-15-27-21(18(23)16-22)20(25)19(24)17-26-14-12-10-8-6-4-2/h18-25H,3-17H2,1-2H3. The van der Waals surface area contributed by atoms with Gasteiger partial charge in [0.1, 0.15) is 24.4 Å². The van der Waals surface area contributed by atoms with Crippen LogP contribution in [0.25, 0.3) is 0 Å². The van der Waals surface area contributed by atoms with Crippen LogP contribution in [-0.4, -0.2) is 71.3 Å². The molecule has 0 rings (SSSR count). The molecule has 4 atom stereocenters. The fourth-order valence-corrected chi connectivity index (χ4v) is 2.97. The number of ether oxygens (including phenoxy) is 2. The van der Waals surface area contributed by atoms with E-state index in [9.17, 15) is 20.4 Å². The van der Waals surface area contributed by atoms with E-state index in [1.807, 2.05) is 0 Å². The van der Waals surface area contributed by atoms with Crippen LogP contribution >= 0.6 is 0 Å². The Morgan fingerprint density at radius 2 is 1.19 bits per heavy atom. The molecular formula is C21H44O6. The predicted molar refractivity (Wildman–Crippen MR) is 108 cm³/mol. The van der Waals surface area contributed by atoms with Crippen molar-refractivity contribution >= 4 is 0 Å². The Morgan fingerprint density at radius 1 is 0.667 bits per heavy atom. The highest BCUT2D eigenvalue weighted by Crippen LogP contribution is 2.13. The quantitative estimate of drug-likeness (QED) is 0.238. The fraction of sp³-hybridized carbons (Fsp3) is 1.00. The normalized spacial score (nSPS) is 16.2. The first-order valence-corrected chi connectivity index (χ1v) is 10.9. The van der Waals surface area contributed by atoms with E-state index in [-0.39, 0.29) is 6.61 Å². The Bertz CT molecular complexity index is 302. The summed E-state index contributed by atoms with van der Waals surface area (Å²) in [4.78, 5) is 0. The van der Waals surface area contributed by atoms with Crippen LogP contribution in [-0.2, 0) is 9.47 Å². The maximum Gasteiger partial charge on any atom is 0.114 e. The molecule has 0 amide bonds. The number of hydrogen-bond donors (Lipinski definition) is 4. The minimum Gasteiger partial charge on any atom is -0.394 e. The number of unbranched alkanes of at least 4 members (excludes halogenated alkanes) is 9. The van der Waals surface area contributed by atoms with Crippen molar-refractivity contribution in [2.24, 2.45) is 0 Å². The maximum absolute atomic E-state index is 10.3. The van der Waals surface area contributed by atoms with Crippen LogP contribution in [0.3, 0.4) is 0 Å². The van der Waals surface area contributed by atoms with Gasteiger partial charge in [-0.05, 0) is 12.8 Å². The molecule has 27 heavy (non-hydrogen) atoms. The Kier molecular flexibility index (Phi) is 18.9. The Hall–Kier alpha value is -0.240. The van der Waals surface area contributed by atoms with Gasteiger partial charge in [0.25, 0.3) is 0 Å². The van der Waals surface area contributed by atoms with E-state index in [4.69, 9.17) is 9.47 Å². The topological polar surface area (TPSA) is 99.4 Å². The molecule has 0 bridgehead atoms. The molecule has 0 heterocycles. The van der Waals surface area contributed by atoms with Gasteiger partial charge in [-0.25, -0.2) is 0 Å². The highest BCUT2D eigenvalue weighted by atomic mass is 16.5. The van der Waals surface area contributed by atoms with E-state index in [0.717, 1.165) is 32.1 Å². The highest BCUT2D eigenvalue weighted by molar-refractivity contribution is 4.82. The van der Waals surface area contributed by atoms with Crippen molar-refractivity contribution in [3.05, 3.63) is 0 Å². The van der Waals surface area contributed by atoms with Crippen LogP contribution in [0, 0.1) is 0 Å². The van der Waals surface area contributed by atoms with E-state index < -0.39 is 31.0 Å². The van der Waals surface area contributed by atoms with E-state index in [1.54, 1.807) is 0 Å². The van der Waals surface area contributed by atoms with E-state index >= 15 is 0 Å². The predicted octanol–water partition coefficient (Wildman–Crippen LogP) is 2.79. The zero-order chi connectivity index (χ0) is 20.3. The maximum atomic E-state index is 10.3. The summed E-state index contributed by atoms with van der Waals surface area (Å²) >= 11 is 0. The zero-order valence-corrected chi connectivity index (χ0v) is 17.5. The van der Waals surface area contributed by atoms with Gasteiger partial charge in [0.15, 0.2) is 0 Å². The average molecular weight is 393 g/mol. The first kappa shape index (κ1) is 26.8. The molecule has 0 aromatic rings. The van der Waals surface area contributed by atoms with Crippen LogP contribution < -0.4 is 0 Å². The van der Waals surface area contributed by atoms with Gasteiger partial charge in [-0.3, -0.25) is 0 Å². The second-order valence-corrected chi connectivity index (χ2v) is 7.40. The van der Waals surface area contributed by atoms with Crippen LogP contribution in [0.2, 0.25) is 0 Å². The van der Waals surface area contributed by atoms with Gasteiger partial charge in [0.05, 0.1) is 13.2 Å². The smallest absolute Gasteiger partial charge is 0.114 e. The molecule has 0 radical (unpaired) electrons. The van der Waals surface area contributed by atoms with Crippen LogP contribution in [0.4, 0.5) is 0 Å². The van der Waals surface area contributed by atoms with Crippen molar-refractivity contribution in [1.29, 1.82) is 0 Å². The van der Waals surface area contributed by atoms with E-state index in [2.05, 4.69) is 13.8 Å². The number of aliphatic hydroxyl groups is 4. The minimum absolute atomic E-state index is 0.00995. The summed E-state index contributed by atoms with van der Waals surface area (Å²) in [5.41, 5.74) is 0. The van der Waals surface area contributed by atoms with Crippen LogP contribution in [0.15, 0.2) is 0 Å². The summed E-state index contributed by atoms with van der Waals surface area (Å²) in [6.45, 7) is 4.73. The van der Waals surface area contributed by atoms with Gasteiger partial charge in [-0.1, -0.05) is 71.6 Å². The van der Waals surface area contributed by atoms with Gasteiger partial charge >= 0.3 is 0 Å². The summed E-state index contributed by atoms with van der Waals surface area (Å²) in [5, 5.41) is 39.5. The molecule has 0 fully saturated rings. The number of rotatable bonds is 20. The molecule has 0 aliphatic heterocycles. The van der Waals surface area contributed by atoms with Crippen LogP contribution in [0.5, 0.6) is 0 Å². The molecular weight excluding hydrogens is 348 g/mol. The van der Waals surface area contributed by atoms with Gasteiger partial charge < -0.3 is 29.9 Å². The second kappa shape index (κ2) is 19.1. The van der Waals surface area contributed by atoms with Crippen molar-refractivity contribution in [1.82, 2.24) is 0 Å². The van der Waals surface area contributed by atoms with Gasteiger partial charge in [-0.2, -0.15) is 0 Å². The Morgan fingerprint density at radius 3 is 1.74 bits per heavy atom. The molecule has 0 aromatic carbocycles. The van der Waals surface area contributed by atoms with Crippen molar-refractivity contribution < 1.29 is 29.9 Å². The van der Waals surface area contributed by atoms with Crippen molar-refractivity contribution in [3.63, 3.8) is 0 Å².